The smallest absolute Gasteiger partial charge is 0.277 e. The zero-order chi connectivity index (χ0) is 18.6. The first-order valence-electron chi connectivity index (χ1n) is 8.58. The maximum absolute atomic E-state index is 12.1. The van der Waals surface area contributed by atoms with Crippen LogP contribution >= 0.6 is 0 Å². The number of para-hydroxylation sites is 2. The topological polar surface area (TPSA) is 79.4 Å². The highest BCUT2D eigenvalue weighted by Gasteiger charge is 2.07. The van der Waals surface area contributed by atoms with Crippen molar-refractivity contribution in [2.45, 2.75) is 6.92 Å². The maximum Gasteiger partial charge on any atom is 0.277 e. The number of aryl methyl sites for hydroxylation is 1. The molecule has 2 aromatic carbocycles. The minimum Gasteiger partial charge on any atom is -0.483 e. The van der Waals surface area contributed by atoms with Crippen LogP contribution in [-0.2, 0) is 4.79 Å². The Morgan fingerprint density at radius 1 is 1.19 bits per heavy atom. The second kappa shape index (κ2) is 7.29. The van der Waals surface area contributed by atoms with Crippen LogP contribution in [0.1, 0.15) is 11.3 Å². The number of fused-ring (bicyclic) bond motifs is 2. The molecule has 0 saturated heterocycles. The van der Waals surface area contributed by atoms with E-state index in [2.05, 4.69) is 20.5 Å². The predicted octanol–water partition coefficient (Wildman–Crippen LogP) is 3.55. The number of nitrogens with one attached hydrogen (secondary N) is 2. The summed E-state index contributed by atoms with van der Waals surface area (Å²) in [5.74, 6) is 0.304. The lowest BCUT2D eigenvalue weighted by Gasteiger charge is -2.09. The third-order valence-corrected chi connectivity index (χ3v) is 4.18. The Morgan fingerprint density at radius 3 is 2.85 bits per heavy atom. The molecule has 0 bridgehead atoms. The van der Waals surface area contributed by atoms with E-state index in [-0.39, 0.29) is 12.5 Å². The fraction of sp³-hybridized carbons (Fsp3) is 0.0952. The van der Waals surface area contributed by atoms with Gasteiger partial charge in [-0.3, -0.25) is 9.78 Å². The average molecular weight is 358 g/mol. The van der Waals surface area contributed by atoms with Gasteiger partial charge in [0, 0.05) is 39.8 Å². The Kier molecular flexibility index (Phi) is 4.53. The first kappa shape index (κ1) is 16.8. The fourth-order valence-electron chi connectivity index (χ4n) is 2.94. The lowest BCUT2D eigenvalue weighted by atomic mass is 10.2. The van der Waals surface area contributed by atoms with Crippen LogP contribution in [0.15, 0.2) is 65.9 Å². The number of benzene rings is 2. The summed E-state index contributed by atoms with van der Waals surface area (Å²) in [6.45, 7) is 1.77. The van der Waals surface area contributed by atoms with Crippen molar-refractivity contribution in [2.75, 3.05) is 6.61 Å². The van der Waals surface area contributed by atoms with Crippen molar-refractivity contribution in [1.29, 1.82) is 0 Å². The van der Waals surface area contributed by atoms with Gasteiger partial charge in [0.1, 0.15) is 5.75 Å². The first-order valence-corrected chi connectivity index (χ1v) is 8.58. The van der Waals surface area contributed by atoms with Crippen molar-refractivity contribution in [3.05, 3.63) is 72.1 Å². The van der Waals surface area contributed by atoms with Gasteiger partial charge in [-0.25, -0.2) is 5.43 Å². The molecule has 2 N–H and O–H groups in total. The van der Waals surface area contributed by atoms with Crippen LogP contribution in [0.4, 0.5) is 0 Å². The number of hydrogen-bond acceptors (Lipinski definition) is 4. The number of hydrogen-bond donors (Lipinski definition) is 2. The van der Waals surface area contributed by atoms with Crippen molar-refractivity contribution in [2.24, 2.45) is 5.10 Å². The summed E-state index contributed by atoms with van der Waals surface area (Å²) >= 11 is 0. The van der Waals surface area contributed by atoms with Gasteiger partial charge in [0.05, 0.1) is 11.7 Å². The number of amides is 1. The summed E-state index contributed by atoms with van der Waals surface area (Å²) in [7, 11) is 0. The van der Waals surface area contributed by atoms with Gasteiger partial charge in [-0.05, 0) is 25.1 Å². The third kappa shape index (κ3) is 3.64. The second-order valence-electron chi connectivity index (χ2n) is 6.15. The van der Waals surface area contributed by atoms with Crippen molar-refractivity contribution in [3.63, 3.8) is 0 Å². The van der Waals surface area contributed by atoms with Gasteiger partial charge in [0.25, 0.3) is 5.91 Å². The van der Waals surface area contributed by atoms with Crippen LogP contribution in [0.25, 0.3) is 21.8 Å². The number of aromatic nitrogens is 2. The lowest BCUT2D eigenvalue weighted by molar-refractivity contribution is -0.123. The van der Waals surface area contributed by atoms with E-state index in [1.165, 1.54) is 0 Å². The van der Waals surface area contributed by atoms with Gasteiger partial charge in [-0.15, -0.1) is 0 Å². The van der Waals surface area contributed by atoms with E-state index in [1.54, 1.807) is 6.21 Å². The van der Waals surface area contributed by atoms with Crippen LogP contribution in [0.2, 0.25) is 0 Å². The minimum absolute atomic E-state index is 0.126. The molecule has 0 atom stereocenters. The molecule has 2 heterocycles. The zero-order valence-electron chi connectivity index (χ0n) is 14.8. The number of hydrazone groups is 1. The molecule has 4 rings (SSSR count). The van der Waals surface area contributed by atoms with Gasteiger partial charge in [-0.2, -0.15) is 5.10 Å². The summed E-state index contributed by atoms with van der Waals surface area (Å²) in [6, 6.07) is 17.4. The van der Waals surface area contributed by atoms with Crippen molar-refractivity contribution >= 4 is 33.9 Å². The Bertz CT molecular complexity index is 1150. The SMILES string of the molecule is Cc1cc(OCC(=O)N/N=C/c2c[nH]c3ccccc23)c2ccccc2n1. The Labute approximate surface area is 155 Å². The average Bonchev–Trinajstić information content (AvgIpc) is 3.09. The molecule has 6 nitrogen and oxygen atoms in total. The molecule has 2 aromatic heterocycles. The molecule has 0 unspecified atom stereocenters. The number of pyridine rings is 1. The highest BCUT2D eigenvalue weighted by atomic mass is 16.5. The predicted molar refractivity (Wildman–Crippen MR) is 106 cm³/mol. The number of rotatable bonds is 5. The molecule has 0 fully saturated rings. The highest BCUT2D eigenvalue weighted by molar-refractivity contribution is 5.99. The molecule has 0 saturated carbocycles. The standard InChI is InChI=1S/C21H18N4O2/c1-14-10-20(17-7-3-5-9-19(17)24-14)27-13-21(26)25-23-12-15-11-22-18-8-4-2-6-16(15)18/h2-12,22H,13H2,1H3,(H,25,26)/b23-12+. The molecule has 0 aliphatic rings. The molecule has 0 aliphatic heterocycles. The summed E-state index contributed by atoms with van der Waals surface area (Å²) in [6.07, 6.45) is 3.46. The largest absolute Gasteiger partial charge is 0.483 e. The number of nitrogens with zero attached hydrogens (tertiary/aromatic N) is 2. The lowest BCUT2D eigenvalue weighted by Crippen LogP contribution is -2.24. The van der Waals surface area contributed by atoms with E-state index in [9.17, 15) is 4.79 Å². The molecule has 0 aliphatic carbocycles. The molecular formula is C21H18N4O2. The van der Waals surface area contributed by atoms with E-state index in [1.807, 2.05) is 67.7 Å². The third-order valence-electron chi connectivity index (χ3n) is 4.18. The van der Waals surface area contributed by atoms with E-state index >= 15 is 0 Å². The van der Waals surface area contributed by atoms with E-state index in [0.717, 1.165) is 33.1 Å². The summed E-state index contributed by atoms with van der Waals surface area (Å²) in [4.78, 5) is 19.7. The number of carbonyl (C=O) groups excluding carboxylic acids is 1. The van der Waals surface area contributed by atoms with Crippen LogP contribution in [0.5, 0.6) is 5.75 Å². The summed E-state index contributed by atoms with van der Waals surface area (Å²) < 4.78 is 5.69. The zero-order valence-corrected chi connectivity index (χ0v) is 14.8. The van der Waals surface area contributed by atoms with Crippen molar-refractivity contribution < 1.29 is 9.53 Å². The minimum atomic E-state index is -0.329. The van der Waals surface area contributed by atoms with Gasteiger partial charge < -0.3 is 9.72 Å². The first-order chi connectivity index (χ1) is 13.2. The normalized spacial score (nSPS) is 11.3. The van der Waals surface area contributed by atoms with E-state index in [4.69, 9.17) is 4.74 Å². The number of ether oxygens (including phenoxy) is 1. The molecule has 134 valence electrons. The van der Waals surface area contributed by atoms with E-state index in [0.29, 0.717) is 5.75 Å². The highest BCUT2D eigenvalue weighted by Crippen LogP contribution is 2.25. The molecule has 4 aromatic rings. The molecule has 0 spiro atoms. The Morgan fingerprint density at radius 2 is 1.96 bits per heavy atom. The Balaban J connectivity index is 1.40. The number of aromatic amines is 1. The molecular weight excluding hydrogens is 340 g/mol. The van der Waals surface area contributed by atoms with Gasteiger partial charge in [0.15, 0.2) is 6.61 Å². The van der Waals surface area contributed by atoms with Gasteiger partial charge >= 0.3 is 0 Å². The summed E-state index contributed by atoms with van der Waals surface area (Å²) in [5.41, 5.74) is 6.09. The van der Waals surface area contributed by atoms with Crippen LogP contribution in [0.3, 0.4) is 0 Å². The monoisotopic (exact) mass is 358 g/mol. The van der Waals surface area contributed by atoms with E-state index < -0.39 is 0 Å². The molecule has 0 radical (unpaired) electrons. The molecule has 1 amide bonds. The number of H-pyrrole nitrogens is 1. The molecule has 27 heavy (non-hydrogen) atoms. The molecule has 6 heteroatoms. The van der Waals surface area contributed by atoms with Crippen LogP contribution in [-0.4, -0.2) is 28.7 Å². The number of carbonyl (C=O) groups is 1. The Hall–Kier alpha value is -3.67. The van der Waals surface area contributed by atoms with Gasteiger partial charge in [0.2, 0.25) is 0 Å². The fourth-order valence-corrected chi connectivity index (χ4v) is 2.94. The van der Waals surface area contributed by atoms with Crippen molar-refractivity contribution in [3.8, 4) is 5.75 Å². The summed E-state index contributed by atoms with van der Waals surface area (Å²) in [5, 5.41) is 5.94. The van der Waals surface area contributed by atoms with Crippen LogP contribution in [0, 0.1) is 6.92 Å². The second-order valence-corrected chi connectivity index (χ2v) is 6.15. The maximum atomic E-state index is 12.1. The quantitative estimate of drug-likeness (QED) is 0.423. The van der Waals surface area contributed by atoms with Crippen LogP contribution < -0.4 is 10.2 Å². The van der Waals surface area contributed by atoms with Gasteiger partial charge in [-0.1, -0.05) is 30.3 Å². The van der Waals surface area contributed by atoms with Crippen molar-refractivity contribution in [1.82, 2.24) is 15.4 Å².